The van der Waals surface area contributed by atoms with Gasteiger partial charge in [0, 0.05) is 6.07 Å². The van der Waals surface area contributed by atoms with Crippen molar-refractivity contribution in [1.82, 2.24) is 0 Å². The molecule has 0 spiro atoms. The van der Waals surface area contributed by atoms with Crippen LogP contribution < -0.4 is 19.6 Å². The Labute approximate surface area is 158 Å². The third-order valence-corrected chi connectivity index (χ3v) is 4.86. The van der Waals surface area contributed by atoms with Crippen LogP contribution in [0.5, 0.6) is 17.2 Å². The zero-order valence-electron chi connectivity index (χ0n) is 15.0. The van der Waals surface area contributed by atoms with Gasteiger partial charge in [-0.1, -0.05) is 0 Å². The second-order valence-corrected chi connectivity index (χ2v) is 7.00. The molecule has 0 aliphatic heterocycles. The molecule has 0 fully saturated rings. The summed E-state index contributed by atoms with van der Waals surface area (Å²) in [5.41, 5.74) is -0.466. The minimum absolute atomic E-state index is 0.0103. The molecule has 1 N–H and O–H groups in total. The number of hydrogen-bond acceptors (Lipinski definition) is 7. The van der Waals surface area contributed by atoms with Crippen LogP contribution in [0.25, 0.3) is 22.3 Å². The fraction of sp³-hybridized carbons (Fsp3) is 0.167. The van der Waals surface area contributed by atoms with Gasteiger partial charge in [-0.3, -0.25) is 9.35 Å². The average molecular weight is 410 g/mol. The number of halogens is 1. The lowest BCUT2D eigenvalue weighted by Gasteiger charge is -2.18. The molecule has 0 unspecified atom stereocenters. The highest BCUT2D eigenvalue weighted by molar-refractivity contribution is 7.86. The van der Waals surface area contributed by atoms with E-state index in [1.807, 2.05) is 0 Å². The van der Waals surface area contributed by atoms with Crippen LogP contribution in [0.1, 0.15) is 0 Å². The Morgan fingerprint density at radius 1 is 0.964 bits per heavy atom. The first kappa shape index (κ1) is 19.6. The molecule has 28 heavy (non-hydrogen) atoms. The molecule has 0 saturated heterocycles. The van der Waals surface area contributed by atoms with Gasteiger partial charge in [0.05, 0.1) is 32.3 Å². The molecule has 1 aromatic heterocycles. The van der Waals surface area contributed by atoms with E-state index in [-0.39, 0.29) is 39.5 Å². The second-order valence-electron chi connectivity index (χ2n) is 5.61. The molecule has 0 radical (unpaired) electrons. The van der Waals surface area contributed by atoms with Crippen LogP contribution in [-0.2, 0) is 10.1 Å². The molecule has 0 atom stereocenters. The maximum atomic E-state index is 13.4. The molecule has 0 bridgehead atoms. The molecular weight excluding hydrogens is 395 g/mol. The Bertz CT molecular complexity index is 1230. The number of rotatable bonds is 5. The minimum Gasteiger partial charge on any atom is -0.492 e. The second kappa shape index (κ2) is 7.13. The number of fused-ring (bicyclic) bond motifs is 1. The lowest BCUT2D eigenvalue weighted by Crippen LogP contribution is -2.07. The third-order valence-electron chi connectivity index (χ3n) is 4.00. The normalized spacial score (nSPS) is 11.5. The summed E-state index contributed by atoms with van der Waals surface area (Å²) in [6.07, 6.45) is 0. The Kier molecular flexibility index (Phi) is 5.01. The first-order chi connectivity index (χ1) is 13.2. The highest BCUT2D eigenvalue weighted by Gasteiger charge is 2.28. The fourth-order valence-corrected chi connectivity index (χ4v) is 3.49. The lowest BCUT2D eigenvalue weighted by molar-refractivity contribution is 0.318. The number of methoxy groups -OCH3 is 3. The molecule has 8 nitrogen and oxygen atoms in total. The van der Waals surface area contributed by atoms with E-state index < -0.39 is 26.3 Å². The smallest absolute Gasteiger partial charge is 0.298 e. The van der Waals surface area contributed by atoms with Gasteiger partial charge in [0.15, 0.2) is 16.9 Å². The molecule has 1 heterocycles. The summed E-state index contributed by atoms with van der Waals surface area (Å²) in [4.78, 5) is 11.8. The predicted octanol–water partition coefficient (Wildman–Crippen LogP) is 2.87. The highest BCUT2D eigenvalue weighted by atomic mass is 32.2. The summed E-state index contributed by atoms with van der Waals surface area (Å²) in [5, 5.41) is 0.0122. The van der Waals surface area contributed by atoms with E-state index in [1.165, 1.54) is 27.4 Å². The van der Waals surface area contributed by atoms with E-state index in [2.05, 4.69) is 0 Å². The van der Waals surface area contributed by atoms with Crippen LogP contribution in [-0.4, -0.2) is 34.3 Å². The van der Waals surface area contributed by atoms with Crippen molar-refractivity contribution in [2.24, 2.45) is 0 Å². The minimum atomic E-state index is -4.72. The molecule has 3 aromatic rings. The number of ether oxygens (including phenoxy) is 3. The van der Waals surface area contributed by atoms with Gasteiger partial charge in [0.2, 0.25) is 5.75 Å². The van der Waals surface area contributed by atoms with Crippen LogP contribution in [0.15, 0.2) is 44.4 Å². The molecule has 3 rings (SSSR count). The van der Waals surface area contributed by atoms with Gasteiger partial charge in [-0.05, 0) is 24.3 Å². The third kappa shape index (κ3) is 3.27. The van der Waals surface area contributed by atoms with Crippen molar-refractivity contribution in [1.29, 1.82) is 0 Å². The molecule has 148 valence electrons. The maximum Gasteiger partial charge on any atom is 0.298 e. The van der Waals surface area contributed by atoms with E-state index >= 15 is 0 Å². The summed E-state index contributed by atoms with van der Waals surface area (Å²) in [7, 11) is -0.990. The van der Waals surface area contributed by atoms with E-state index in [0.717, 1.165) is 24.3 Å². The van der Waals surface area contributed by atoms with Gasteiger partial charge in [0.1, 0.15) is 22.1 Å². The zero-order chi connectivity index (χ0) is 20.6. The monoisotopic (exact) mass is 410 g/mol. The number of benzene rings is 2. The molecule has 10 heteroatoms. The van der Waals surface area contributed by atoms with Gasteiger partial charge in [0.25, 0.3) is 10.1 Å². The first-order valence-corrected chi connectivity index (χ1v) is 9.19. The van der Waals surface area contributed by atoms with Crippen molar-refractivity contribution in [2.75, 3.05) is 21.3 Å². The Morgan fingerprint density at radius 3 is 2.18 bits per heavy atom. The van der Waals surface area contributed by atoms with E-state index in [4.69, 9.17) is 18.6 Å². The van der Waals surface area contributed by atoms with E-state index in [1.54, 1.807) is 0 Å². The van der Waals surface area contributed by atoms with Crippen LogP contribution in [0.2, 0.25) is 0 Å². The summed E-state index contributed by atoms with van der Waals surface area (Å²) >= 11 is 0. The standard InChI is InChI=1S/C18H15FO8S/c1-24-16-11(7-15(28(21,22)23)17(25-2)18(16)26-3)14-8-12(20)10-6-9(19)4-5-13(10)27-14/h4-8H,1-3H3,(H,21,22,23). The van der Waals surface area contributed by atoms with Crippen LogP contribution >= 0.6 is 0 Å². The molecule has 0 aliphatic rings. The van der Waals surface area contributed by atoms with E-state index in [9.17, 15) is 22.2 Å². The summed E-state index contributed by atoms with van der Waals surface area (Å²) < 4.78 is 67.8. The largest absolute Gasteiger partial charge is 0.492 e. The molecular formula is C18H15FO8S. The van der Waals surface area contributed by atoms with Gasteiger partial charge in [-0.15, -0.1) is 0 Å². The van der Waals surface area contributed by atoms with Gasteiger partial charge >= 0.3 is 0 Å². The van der Waals surface area contributed by atoms with Crippen molar-refractivity contribution in [3.8, 4) is 28.6 Å². The quantitative estimate of drug-likeness (QED) is 0.639. The zero-order valence-corrected chi connectivity index (χ0v) is 15.8. The van der Waals surface area contributed by atoms with Crippen molar-refractivity contribution < 1.29 is 36.0 Å². The van der Waals surface area contributed by atoms with Crippen LogP contribution in [0.3, 0.4) is 0 Å². The molecule has 2 aromatic carbocycles. The Morgan fingerprint density at radius 2 is 1.61 bits per heavy atom. The Balaban J connectivity index is 2.43. The van der Waals surface area contributed by atoms with Crippen molar-refractivity contribution in [2.45, 2.75) is 4.90 Å². The molecule has 0 aliphatic carbocycles. The highest BCUT2D eigenvalue weighted by Crippen LogP contribution is 2.48. The predicted molar refractivity (Wildman–Crippen MR) is 97.3 cm³/mol. The van der Waals surface area contributed by atoms with Crippen LogP contribution in [0.4, 0.5) is 4.39 Å². The van der Waals surface area contributed by atoms with Crippen molar-refractivity contribution >= 4 is 21.1 Å². The van der Waals surface area contributed by atoms with Gasteiger partial charge in [-0.2, -0.15) is 8.42 Å². The topological polar surface area (TPSA) is 112 Å². The fourth-order valence-electron chi connectivity index (χ4n) is 2.82. The lowest BCUT2D eigenvalue weighted by atomic mass is 10.1. The SMILES string of the molecule is COc1c(-c2cc(=O)c3cc(F)ccc3o2)cc(S(=O)(=O)O)c(OC)c1OC. The summed E-state index contributed by atoms with van der Waals surface area (Å²) in [6, 6.07) is 5.50. The van der Waals surface area contributed by atoms with Crippen molar-refractivity contribution in [3.63, 3.8) is 0 Å². The molecule has 0 saturated carbocycles. The van der Waals surface area contributed by atoms with Crippen LogP contribution in [0, 0.1) is 5.82 Å². The van der Waals surface area contributed by atoms with Gasteiger partial charge in [-0.25, -0.2) is 4.39 Å². The van der Waals surface area contributed by atoms with E-state index in [0.29, 0.717) is 0 Å². The summed E-state index contributed by atoms with van der Waals surface area (Å²) in [5.74, 6) is -1.08. The molecule has 0 amide bonds. The number of hydrogen-bond donors (Lipinski definition) is 1. The first-order valence-electron chi connectivity index (χ1n) is 7.75. The average Bonchev–Trinajstić information content (AvgIpc) is 2.65. The van der Waals surface area contributed by atoms with Crippen molar-refractivity contribution in [3.05, 3.63) is 46.4 Å². The maximum absolute atomic E-state index is 13.4. The Hall–Kier alpha value is -3.11. The summed E-state index contributed by atoms with van der Waals surface area (Å²) in [6.45, 7) is 0. The van der Waals surface area contributed by atoms with Gasteiger partial charge < -0.3 is 18.6 Å².